The summed E-state index contributed by atoms with van der Waals surface area (Å²) in [5, 5.41) is 8.29. The van der Waals surface area contributed by atoms with Crippen molar-refractivity contribution in [2.24, 2.45) is 0 Å². The number of nitrogens with zero attached hydrogens (tertiary/aromatic N) is 3. The van der Waals surface area contributed by atoms with Gasteiger partial charge in [-0.3, -0.25) is 0 Å². The van der Waals surface area contributed by atoms with Crippen LogP contribution in [0.3, 0.4) is 0 Å². The van der Waals surface area contributed by atoms with Gasteiger partial charge in [0.2, 0.25) is 10.0 Å². The normalized spacial score (nSPS) is 13.3. The molecule has 15 heavy (non-hydrogen) atoms. The summed E-state index contributed by atoms with van der Waals surface area (Å²) in [4.78, 5) is 3.84. The Labute approximate surface area is 88.6 Å². The van der Waals surface area contributed by atoms with E-state index in [2.05, 4.69) is 9.71 Å². The molecule has 0 aliphatic heterocycles. The summed E-state index contributed by atoms with van der Waals surface area (Å²) in [5.74, 6) is -0.513. The van der Waals surface area contributed by atoms with Gasteiger partial charge in [-0.1, -0.05) is 0 Å². The van der Waals surface area contributed by atoms with Crippen LogP contribution in [-0.4, -0.2) is 29.8 Å². The topological polar surface area (TPSA) is 87.8 Å². The minimum atomic E-state index is -3.48. The molecular formula is C8H12N4O2S. The maximum absolute atomic E-state index is 11.2. The minimum absolute atomic E-state index is 0.266. The summed E-state index contributed by atoms with van der Waals surface area (Å²) in [6.07, 6.45) is 4.97. The molecule has 1 N–H and O–H groups in total. The average Bonchev–Trinajstić information content (AvgIpc) is 2.54. The Morgan fingerprint density at radius 1 is 1.67 bits per heavy atom. The van der Waals surface area contributed by atoms with E-state index in [0.717, 1.165) is 0 Å². The SMILES string of the molecule is CC(Cn1ccnc1)NS(=O)(=O)CC#N. The van der Waals surface area contributed by atoms with Gasteiger partial charge in [0.25, 0.3) is 0 Å². The number of imidazole rings is 1. The van der Waals surface area contributed by atoms with E-state index in [0.29, 0.717) is 6.54 Å². The van der Waals surface area contributed by atoms with Crippen LogP contribution < -0.4 is 4.72 Å². The Balaban J connectivity index is 2.50. The molecule has 0 bridgehead atoms. The lowest BCUT2D eigenvalue weighted by Gasteiger charge is -2.12. The first kappa shape index (κ1) is 11.7. The largest absolute Gasteiger partial charge is 0.336 e. The minimum Gasteiger partial charge on any atom is -0.336 e. The number of nitrogens with one attached hydrogen (secondary N) is 1. The van der Waals surface area contributed by atoms with Crippen molar-refractivity contribution in [2.45, 2.75) is 19.5 Å². The van der Waals surface area contributed by atoms with Crippen LogP contribution in [-0.2, 0) is 16.6 Å². The first-order chi connectivity index (χ1) is 7.03. The van der Waals surface area contributed by atoms with Gasteiger partial charge in [-0.25, -0.2) is 18.1 Å². The van der Waals surface area contributed by atoms with Crippen LogP contribution in [0.25, 0.3) is 0 Å². The summed E-state index contributed by atoms with van der Waals surface area (Å²) >= 11 is 0. The number of aromatic nitrogens is 2. The molecule has 0 amide bonds. The van der Waals surface area contributed by atoms with Crippen LogP contribution >= 0.6 is 0 Å². The fourth-order valence-corrected chi connectivity index (χ4v) is 2.12. The van der Waals surface area contributed by atoms with Gasteiger partial charge in [0.05, 0.1) is 12.4 Å². The van der Waals surface area contributed by atoms with Crippen molar-refractivity contribution in [1.29, 1.82) is 5.26 Å². The molecule has 0 aromatic carbocycles. The number of rotatable bonds is 5. The van der Waals surface area contributed by atoms with Crippen molar-refractivity contribution in [2.75, 3.05) is 5.75 Å². The van der Waals surface area contributed by atoms with E-state index >= 15 is 0 Å². The van der Waals surface area contributed by atoms with Gasteiger partial charge in [-0.15, -0.1) is 0 Å². The van der Waals surface area contributed by atoms with E-state index < -0.39 is 15.8 Å². The summed E-state index contributed by atoms with van der Waals surface area (Å²) in [7, 11) is -3.48. The molecule has 0 aliphatic carbocycles. The van der Waals surface area contributed by atoms with Gasteiger partial charge >= 0.3 is 0 Å². The molecule has 1 atom stereocenters. The second-order valence-corrected chi connectivity index (χ2v) is 4.95. The molecule has 0 spiro atoms. The van der Waals surface area contributed by atoms with E-state index in [-0.39, 0.29) is 6.04 Å². The number of hydrogen-bond acceptors (Lipinski definition) is 4. The first-order valence-corrected chi connectivity index (χ1v) is 6.01. The molecule has 6 nitrogen and oxygen atoms in total. The highest BCUT2D eigenvalue weighted by Gasteiger charge is 2.13. The lowest BCUT2D eigenvalue weighted by atomic mass is 10.4. The predicted molar refractivity (Wildman–Crippen MR) is 54.2 cm³/mol. The number of nitriles is 1. The first-order valence-electron chi connectivity index (χ1n) is 4.36. The van der Waals surface area contributed by atoms with Crippen LogP contribution in [0.5, 0.6) is 0 Å². The summed E-state index contributed by atoms with van der Waals surface area (Å²) in [5.41, 5.74) is 0. The highest BCUT2D eigenvalue weighted by Crippen LogP contribution is 1.94. The second kappa shape index (κ2) is 4.91. The highest BCUT2D eigenvalue weighted by atomic mass is 32.2. The zero-order valence-electron chi connectivity index (χ0n) is 8.29. The van der Waals surface area contributed by atoms with Crippen LogP contribution in [0.4, 0.5) is 0 Å². The van der Waals surface area contributed by atoms with Crippen LogP contribution in [0.1, 0.15) is 6.92 Å². The van der Waals surface area contributed by atoms with Crippen molar-refractivity contribution in [3.8, 4) is 6.07 Å². The van der Waals surface area contributed by atoms with Gasteiger partial charge in [0.15, 0.2) is 5.75 Å². The molecule has 0 saturated heterocycles. The third-order valence-corrected chi connectivity index (χ3v) is 2.95. The van der Waals surface area contributed by atoms with Crippen LogP contribution in [0.15, 0.2) is 18.7 Å². The van der Waals surface area contributed by atoms with Gasteiger partial charge in [-0.2, -0.15) is 5.26 Å². The standard InChI is InChI=1S/C8H12N4O2S/c1-8(6-12-4-3-10-7-12)11-15(13,14)5-2-9/h3-4,7-8,11H,5-6H2,1H3. The Hall–Kier alpha value is -1.39. The predicted octanol–water partition coefficient (Wildman–Crippen LogP) is -0.285. The third-order valence-electron chi connectivity index (χ3n) is 1.68. The summed E-state index contributed by atoms with van der Waals surface area (Å²) in [6.45, 7) is 2.22. The van der Waals surface area contributed by atoms with Crippen LogP contribution in [0, 0.1) is 11.3 Å². The third kappa shape index (κ3) is 4.10. The molecule has 0 fully saturated rings. The second-order valence-electron chi connectivity index (χ2n) is 3.20. The lowest BCUT2D eigenvalue weighted by Crippen LogP contribution is -2.36. The molecule has 1 unspecified atom stereocenters. The number of sulfonamides is 1. The van der Waals surface area contributed by atoms with Crippen molar-refractivity contribution in [3.05, 3.63) is 18.7 Å². The Bertz CT molecular complexity index is 432. The molecule has 1 aromatic heterocycles. The highest BCUT2D eigenvalue weighted by molar-refractivity contribution is 7.89. The van der Waals surface area contributed by atoms with Gasteiger partial charge in [0.1, 0.15) is 0 Å². The van der Waals surface area contributed by atoms with E-state index in [1.807, 2.05) is 0 Å². The molecule has 7 heteroatoms. The van der Waals surface area contributed by atoms with Crippen molar-refractivity contribution in [1.82, 2.24) is 14.3 Å². The van der Waals surface area contributed by atoms with Crippen LogP contribution in [0.2, 0.25) is 0 Å². The Morgan fingerprint density at radius 3 is 2.93 bits per heavy atom. The van der Waals surface area contributed by atoms with Crippen molar-refractivity contribution >= 4 is 10.0 Å². The lowest BCUT2D eigenvalue weighted by molar-refractivity contribution is 0.522. The van der Waals surface area contributed by atoms with E-state index in [1.54, 1.807) is 36.3 Å². The van der Waals surface area contributed by atoms with Gasteiger partial charge in [0, 0.05) is 25.0 Å². The maximum Gasteiger partial charge on any atom is 0.225 e. The summed E-state index contributed by atoms with van der Waals surface area (Å²) in [6, 6.07) is 1.34. The average molecular weight is 228 g/mol. The molecule has 1 aromatic rings. The molecule has 1 rings (SSSR count). The smallest absolute Gasteiger partial charge is 0.225 e. The zero-order valence-corrected chi connectivity index (χ0v) is 9.11. The van der Waals surface area contributed by atoms with Gasteiger partial charge in [-0.05, 0) is 6.92 Å². The molecule has 0 aliphatic rings. The van der Waals surface area contributed by atoms with Gasteiger partial charge < -0.3 is 4.57 Å². The fourth-order valence-electron chi connectivity index (χ4n) is 1.18. The monoisotopic (exact) mass is 228 g/mol. The van der Waals surface area contributed by atoms with E-state index in [9.17, 15) is 8.42 Å². The fraction of sp³-hybridized carbons (Fsp3) is 0.500. The van der Waals surface area contributed by atoms with E-state index in [1.165, 1.54) is 0 Å². The quantitative estimate of drug-likeness (QED) is 0.750. The maximum atomic E-state index is 11.2. The number of hydrogen-bond donors (Lipinski definition) is 1. The van der Waals surface area contributed by atoms with Crippen molar-refractivity contribution < 1.29 is 8.42 Å². The van der Waals surface area contributed by atoms with Crippen molar-refractivity contribution in [3.63, 3.8) is 0 Å². The Morgan fingerprint density at radius 2 is 2.40 bits per heavy atom. The molecule has 0 radical (unpaired) electrons. The van der Waals surface area contributed by atoms with E-state index in [4.69, 9.17) is 5.26 Å². The molecular weight excluding hydrogens is 216 g/mol. The molecule has 1 heterocycles. The Kier molecular flexibility index (Phi) is 3.82. The zero-order chi connectivity index (χ0) is 11.3. The molecule has 0 saturated carbocycles. The summed E-state index contributed by atoms with van der Waals surface area (Å²) < 4.78 is 26.6. The molecule has 82 valence electrons.